The second-order valence-corrected chi connectivity index (χ2v) is 16.6. The Morgan fingerprint density at radius 3 is 1.32 bits per heavy atom. The van der Waals surface area contributed by atoms with Crippen molar-refractivity contribution in [2.45, 2.75) is 19.3 Å². The van der Waals surface area contributed by atoms with Crippen LogP contribution in [0.1, 0.15) is 33.5 Å². The number of hydrogen-bond donors (Lipinski definition) is 0. The summed E-state index contributed by atoms with van der Waals surface area (Å²) in [7, 11) is 0. The molecule has 2 aromatic heterocycles. The van der Waals surface area contributed by atoms with Crippen molar-refractivity contribution in [2.75, 3.05) is 0 Å². The van der Waals surface area contributed by atoms with Gasteiger partial charge in [-0.2, -0.15) is 0 Å². The van der Waals surface area contributed by atoms with Crippen LogP contribution in [0.3, 0.4) is 0 Å². The highest BCUT2D eigenvalue weighted by atomic mass is 15.0. The summed E-state index contributed by atoms with van der Waals surface area (Å²) in [5, 5.41) is 0. The van der Waals surface area contributed by atoms with Crippen molar-refractivity contribution in [3.63, 3.8) is 0 Å². The van der Waals surface area contributed by atoms with Gasteiger partial charge >= 0.3 is 0 Å². The lowest BCUT2D eigenvalue weighted by Gasteiger charge is -2.31. The Morgan fingerprint density at radius 2 is 0.730 bits per heavy atom. The highest BCUT2D eigenvalue weighted by Crippen LogP contribution is 2.63. The van der Waals surface area contributed by atoms with Crippen LogP contribution in [-0.4, -0.2) is 19.9 Å². The van der Waals surface area contributed by atoms with E-state index in [2.05, 4.69) is 190 Å². The maximum atomic E-state index is 5.47. The first kappa shape index (κ1) is 36.7. The summed E-state index contributed by atoms with van der Waals surface area (Å²) in [6.45, 7) is 4.20. The molecule has 4 heteroatoms. The molecule has 2 aliphatic rings. The minimum absolute atomic E-state index is 0.547. The summed E-state index contributed by atoms with van der Waals surface area (Å²) in [6.07, 6.45) is 1.94. The van der Waals surface area contributed by atoms with Crippen LogP contribution in [0.2, 0.25) is 0 Å². The first-order chi connectivity index (χ1) is 31.1. The molecule has 2 heterocycles. The second kappa shape index (κ2) is 14.5. The van der Waals surface area contributed by atoms with Crippen molar-refractivity contribution in [3.05, 3.63) is 240 Å². The number of aryl methyl sites for hydroxylation is 2. The van der Waals surface area contributed by atoms with Crippen LogP contribution in [0.15, 0.2) is 206 Å². The van der Waals surface area contributed by atoms with Gasteiger partial charge in [0.05, 0.1) is 5.41 Å². The van der Waals surface area contributed by atoms with Crippen molar-refractivity contribution < 1.29 is 0 Å². The number of rotatable bonds is 6. The number of nitrogens with zero attached hydrogens (tertiary/aromatic N) is 4. The molecule has 0 radical (unpaired) electrons. The van der Waals surface area contributed by atoms with Crippen molar-refractivity contribution in [2.24, 2.45) is 0 Å². The minimum atomic E-state index is -0.547. The SMILES string of the molecule is Cc1cnc(C)c(-c2ccccc2-c2cc3c(cc2-c2nc(-c4ccccc4)nc(-c4ccc(-c5ccccc5)cc4)n2)C2(c4ccccc4-c4ccccc42)c2ccccc2-3)c1. The van der Waals surface area contributed by atoms with Crippen LogP contribution in [0, 0.1) is 13.8 Å². The molecule has 0 saturated carbocycles. The molecule has 0 N–H and O–H groups in total. The Labute approximate surface area is 367 Å². The topological polar surface area (TPSA) is 51.6 Å². The predicted octanol–water partition coefficient (Wildman–Crippen LogP) is 14.2. The highest BCUT2D eigenvalue weighted by Gasteiger charge is 2.52. The van der Waals surface area contributed by atoms with Crippen molar-refractivity contribution in [1.82, 2.24) is 19.9 Å². The number of pyridine rings is 1. The fourth-order valence-corrected chi connectivity index (χ4v) is 10.2. The van der Waals surface area contributed by atoms with Gasteiger partial charge in [0.15, 0.2) is 17.5 Å². The van der Waals surface area contributed by atoms with Crippen LogP contribution in [0.4, 0.5) is 0 Å². The Morgan fingerprint density at radius 1 is 0.302 bits per heavy atom. The number of benzene rings is 8. The predicted molar refractivity (Wildman–Crippen MR) is 256 cm³/mol. The standard InChI is InChI=1S/C59H40N4/c1-37-33-48(38(2)60-36-37)43-21-9-10-22-44(43)49-34-50-47-25-13-16-28-54(47)59(52-26-14-11-23-45(52)46-24-12-15-27-53(46)59)55(50)35-51(49)58-62-56(41-19-7-4-8-20-41)61-57(63-58)42-31-29-40(30-32-42)39-17-5-3-6-18-39/h3-36H,1-2H3. The van der Waals surface area contributed by atoms with Gasteiger partial charge in [0, 0.05) is 34.1 Å². The first-order valence-corrected chi connectivity index (χ1v) is 21.5. The van der Waals surface area contributed by atoms with E-state index in [1.54, 1.807) is 0 Å². The lowest BCUT2D eigenvalue weighted by Crippen LogP contribution is -2.26. The van der Waals surface area contributed by atoms with Gasteiger partial charge in [-0.1, -0.05) is 182 Å². The Kier molecular flexibility index (Phi) is 8.48. The summed E-state index contributed by atoms with van der Waals surface area (Å²) in [6, 6.07) is 72.0. The highest BCUT2D eigenvalue weighted by molar-refractivity contribution is 6.00. The molecule has 0 saturated heterocycles. The van der Waals surface area contributed by atoms with E-state index in [0.717, 1.165) is 61.3 Å². The average molecular weight is 805 g/mol. The third kappa shape index (κ3) is 5.76. The molecule has 0 unspecified atom stereocenters. The Hall–Kier alpha value is -8.08. The molecular formula is C59H40N4. The summed E-state index contributed by atoms with van der Waals surface area (Å²) in [4.78, 5) is 20.9. The first-order valence-electron chi connectivity index (χ1n) is 21.5. The summed E-state index contributed by atoms with van der Waals surface area (Å²) < 4.78 is 0. The number of aromatic nitrogens is 4. The van der Waals surface area contributed by atoms with Crippen LogP contribution in [-0.2, 0) is 5.41 Å². The molecule has 0 bridgehead atoms. The normalized spacial score (nSPS) is 12.7. The van der Waals surface area contributed by atoms with Crippen molar-refractivity contribution in [3.8, 4) is 89.8 Å². The van der Waals surface area contributed by atoms with Crippen LogP contribution >= 0.6 is 0 Å². The van der Waals surface area contributed by atoms with Gasteiger partial charge in [0.1, 0.15) is 0 Å². The molecule has 0 aliphatic heterocycles. The van der Waals surface area contributed by atoms with Crippen molar-refractivity contribution in [1.29, 1.82) is 0 Å². The van der Waals surface area contributed by atoms with E-state index in [0.29, 0.717) is 17.5 Å². The quantitative estimate of drug-likeness (QED) is 0.168. The van der Waals surface area contributed by atoms with Gasteiger partial charge < -0.3 is 0 Å². The van der Waals surface area contributed by atoms with E-state index in [-0.39, 0.29) is 0 Å². The zero-order valence-electron chi connectivity index (χ0n) is 34.9. The van der Waals surface area contributed by atoms with Gasteiger partial charge in [-0.25, -0.2) is 15.0 Å². The van der Waals surface area contributed by atoms with E-state index in [1.165, 1.54) is 44.5 Å². The van der Waals surface area contributed by atoms with Gasteiger partial charge in [-0.15, -0.1) is 0 Å². The average Bonchev–Trinajstić information content (AvgIpc) is 3.82. The van der Waals surface area contributed by atoms with Crippen molar-refractivity contribution >= 4 is 0 Å². The third-order valence-electron chi connectivity index (χ3n) is 13.0. The van der Waals surface area contributed by atoms with Gasteiger partial charge in [0.2, 0.25) is 0 Å². The maximum absolute atomic E-state index is 5.47. The van der Waals surface area contributed by atoms with E-state index in [9.17, 15) is 0 Å². The third-order valence-corrected chi connectivity index (χ3v) is 13.0. The number of fused-ring (bicyclic) bond motifs is 10. The summed E-state index contributed by atoms with van der Waals surface area (Å²) >= 11 is 0. The van der Waals surface area contributed by atoms with Crippen LogP contribution < -0.4 is 0 Å². The molecule has 12 rings (SSSR count). The number of hydrogen-bond acceptors (Lipinski definition) is 4. The zero-order chi connectivity index (χ0) is 42.1. The molecule has 296 valence electrons. The maximum Gasteiger partial charge on any atom is 0.164 e. The second-order valence-electron chi connectivity index (χ2n) is 16.6. The molecule has 10 aromatic rings. The Balaban J connectivity index is 1.18. The van der Waals surface area contributed by atoms with Gasteiger partial charge in [0.25, 0.3) is 0 Å². The van der Waals surface area contributed by atoms with E-state index in [1.807, 2.05) is 30.5 Å². The van der Waals surface area contributed by atoms with Gasteiger partial charge in [-0.05, 0) is 110 Å². The fraction of sp³-hybridized carbons (Fsp3) is 0.0508. The van der Waals surface area contributed by atoms with E-state index >= 15 is 0 Å². The lowest BCUT2D eigenvalue weighted by molar-refractivity contribution is 0.794. The molecular weight excluding hydrogens is 765 g/mol. The molecule has 0 amide bonds. The monoisotopic (exact) mass is 804 g/mol. The molecule has 8 aromatic carbocycles. The van der Waals surface area contributed by atoms with Crippen LogP contribution in [0.25, 0.3) is 89.8 Å². The van der Waals surface area contributed by atoms with Gasteiger partial charge in [-0.3, -0.25) is 4.98 Å². The summed E-state index contributed by atoms with van der Waals surface area (Å²) in [5.74, 6) is 1.85. The van der Waals surface area contributed by atoms with E-state index in [4.69, 9.17) is 19.9 Å². The molecule has 2 aliphatic carbocycles. The molecule has 0 fully saturated rings. The zero-order valence-corrected chi connectivity index (χ0v) is 34.9. The van der Waals surface area contributed by atoms with E-state index < -0.39 is 5.41 Å². The molecule has 4 nitrogen and oxygen atoms in total. The fourth-order valence-electron chi connectivity index (χ4n) is 10.2. The lowest BCUT2D eigenvalue weighted by atomic mass is 9.70. The van der Waals surface area contributed by atoms with Crippen LogP contribution in [0.5, 0.6) is 0 Å². The summed E-state index contributed by atoms with van der Waals surface area (Å²) in [5.41, 5.74) is 21.0. The Bertz CT molecular complexity index is 3360. The molecule has 1 spiro atoms. The molecule has 0 atom stereocenters. The smallest absolute Gasteiger partial charge is 0.164 e. The minimum Gasteiger partial charge on any atom is -0.261 e. The molecule has 63 heavy (non-hydrogen) atoms. The largest absolute Gasteiger partial charge is 0.261 e.